The summed E-state index contributed by atoms with van der Waals surface area (Å²) in [6, 6.07) is 4.69. The molecule has 0 unspecified atom stereocenters. The standard InChI is InChI=1S/C10H6I2S2/c11-7-3-5-1-2-6-4-8(12)14-10(6)9(5)13-7/h3-4H,1-2H2. The Morgan fingerprint density at radius 3 is 1.71 bits per heavy atom. The second-order valence-electron chi connectivity index (χ2n) is 3.31. The van der Waals surface area contributed by atoms with E-state index in [1.807, 2.05) is 22.7 Å². The van der Waals surface area contributed by atoms with E-state index in [2.05, 4.69) is 57.3 Å². The van der Waals surface area contributed by atoms with Crippen LogP contribution < -0.4 is 0 Å². The second-order valence-corrected chi connectivity index (χ2v) is 9.20. The van der Waals surface area contributed by atoms with Crippen molar-refractivity contribution in [2.24, 2.45) is 0 Å². The molecule has 0 nitrogen and oxygen atoms in total. The SMILES string of the molecule is Ic1cc2c(s1)-c1sc(I)cc1CC2. The highest BCUT2D eigenvalue weighted by atomic mass is 127. The molecule has 0 aromatic carbocycles. The first-order valence-electron chi connectivity index (χ1n) is 4.31. The van der Waals surface area contributed by atoms with Crippen LogP contribution >= 0.6 is 67.9 Å². The van der Waals surface area contributed by atoms with Crippen LogP contribution in [0.25, 0.3) is 9.75 Å². The van der Waals surface area contributed by atoms with Crippen molar-refractivity contribution in [1.29, 1.82) is 0 Å². The molecule has 72 valence electrons. The quantitative estimate of drug-likeness (QED) is 0.514. The van der Waals surface area contributed by atoms with Gasteiger partial charge in [-0.25, -0.2) is 0 Å². The lowest BCUT2D eigenvalue weighted by molar-refractivity contribution is 0.957. The van der Waals surface area contributed by atoms with Crippen LogP contribution in [0.1, 0.15) is 11.1 Å². The summed E-state index contributed by atoms with van der Waals surface area (Å²) in [7, 11) is 0. The Labute approximate surface area is 118 Å². The van der Waals surface area contributed by atoms with Crippen molar-refractivity contribution in [2.45, 2.75) is 12.8 Å². The third-order valence-electron chi connectivity index (χ3n) is 2.43. The Bertz CT molecular complexity index is 450. The van der Waals surface area contributed by atoms with E-state index >= 15 is 0 Å². The van der Waals surface area contributed by atoms with Crippen molar-refractivity contribution in [3.8, 4) is 9.75 Å². The van der Waals surface area contributed by atoms with E-state index in [1.54, 1.807) is 11.1 Å². The minimum atomic E-state index is 1.23. The van der Waals surface area contributed by atoms with Crippen LogP contribution in [0.4, 0.5) is 0 Å². The molecule has 0 saturated heterocycles. The van der Waals surface area contributed by atoms with E-state index in [4.69, 9.17) is 0 Å². The Hall–Kier alpha value is 0.860. The predicted octanol–water partition coefficient (Wildman–Crippen LogP) is 4.78. The van der Waals surface area contributed by atoms with Gasteiger partial charge in [-0.2, -0.15) is 0 Å². The van der Waals surface area contributed by atoms with Crippen LogP contribution in [-0.2, 0) is 12.8 Å². The van der Waals surface area contributed by atoms with Gasteiger partial charge < -0.3 is 0 Å². The fourth-order valence-corrected chi connectivity index (χ4v) is 5.96. The van der Waals surface area contributed by atoms with Crippen molar-refractivity contribution in [2.75, 3.05) is 0 Å². The first kappa shape index (κ1) is 10.0. The highest BCUT2D eigenvalue weighted by Crippen LogP contribution is 2.44. The number of thiophene rings is 2. The maximum atomic E-state index is 2.43. The van der Waals surface area contributed by atoms with Crippen LogP contribution in [0.5, 0.6) is 0 Å². The van der Waals surface area contributed by atoms with Crippen molar-refractivity contribution in [3.63, 3.8) is 0 Å². The second kappa shape index (κ2) is 3.71. The van der Waals surface area contributed by atoms with Crippen molar-refractivity contribution < 1.29 is 0 Å². The van der Waals surface area contributed by atoms with E-state index in [1.165, 1.54) is 28.4 Å². The third-order valence-corrected chi connectivity index (χ3v) is 6.47. The highest BCUT2D eigenvalue weighted by molar-refractivity contribution is 14.1. The third kappa shape index (κ3) is 1.58. The first-order valence-corrected chi connectivity index (χ1v) is 8.10. The summed E-state index contributed by atoms with van der Waals surface area (Å²) in [5.41, 5.74) is 3.12. The molecule has 4 heteroatoms. The molecule has 1 aliphatic rings. The topological polar surface area (TPSA) is 0 Å². The molecule has 0 fully saturated rings. The van der Waals surface area contributed by atoms with Gasteiger partial charge in [-0.15, -0.1) is 22.7 Å². The molecule has 0 atom stereocenters. The molecule has 3 rings (SSSR count). The molecule has 2 aromatic heterocycles. The van der Waals surface area contributed by atoms with Crippen molar-refractivity contribution in [3.05, 3.63) is 29.0 Å². The highest BCUT2D eigenvalue weighted by Gasteiger charge is 2.20. The number of hydrogen-bond acceptors (Lipinski definition) is 2. The number of fused-ring (bicyclic) bond motifs is 3. The number of halogens is 2. The van der Waals surface area contributed by atoms with Gasteiger partial charge in [-0.05, 0) is 81.3 Å². The summed E-state index contributed by atoms with van der Waals surface area (Å²) in [6.45, 7) is 0. The molecule has 2 heterocycles. The molecule has 0 N–H and O–H groups in total. The van der Waals surface area contributed by atoms with E-state index < -0.39 is 0 Å². The van der Waals surface area contributed by atoms with Crippen LogP contribution in [0.2, 0.25) is 0 Å². The predicted molar refractivity (Wildman–Crippen MR) is 80.5 cm³/mol. The van der Waals surface area contributed by atoms with Gasteiger partial charge in [0.2, 0.25) is 0 Å². The van der Waals surface area contributed by atoms with Gasteiger partial charge in [0.25, 0.3) is 0 Å². The number of rotatable bonds is 0. The van der Waals surface area contributed by atoms with E-state index in [-0.39, 0.29) is 0 Å². The summed E-state index contributed by atoms with van der Waals surface area (Å²) in [6.07, 6.45) is 2.46. The molecule has 0 aliphatic heterocycles. The first-order chi connectivity index (χ1) is 6.74. The Morgan fingerprint density at radius 1 is 0.857 bits per heavy atom. The Kier molecular flexibility index (Phi) is 2.66. The molecule has 0 bridgehead atoms. The van der Waals surface area contributed by atoms with Gasteiger partial charge in [-0.3, -0.25) is 0 Å². The minimum absolute atomic E-state index is 1.23. The molecule has 2 aromatic rings. The van der Waals surface area contributed by atoms with Crippen molar-refractivity contribution in [1.82, 2.24) is 0 Å². The molecule has 0 saturated carbocycles. The van der Waals surface area contributed by atoms with Crippen LogP contribution in [0.3, 0.4) is 0 Å². The van der Waals surface area contributed by atoms with Crippen LogP contribution in [0.15, 0.2) is 12.1 Å². The average molecular weight is 444 g/mol. The molecule has 0 radical (unpaired) electrons. The van der Waals surface area contributed by atoms with E-state index in [0.29, 0.717) is 0 Å². The lowest BCUT2D eigenvalue weighted by Crippen LogP contribution is -1.96. The molecule has 1 aliphatic carbocycles. The van der Waals surface area contributed by atoms with E-state index in [0.717, 1.165) is 0 Å². The zero-order chi connectivity index (χ0) is 9.71. The zero-order valence-corrected chi connectivity index (χ0v) is 13.1. The molecule has 0 spiro atoms. The summed E-state index contributed by atoms with van der Waals surface area (Å²) >= 11 is 8.74. The smallest absolute Gasteiger partial charge is 0.0663 e. The normalized spacial score (nSPS) is 13.9. The van der Waals surface area contributed by atoms with Crippen molar-refractivity contribution >= 4 is 67.9 Å². The summed E-state index contributed by atoms with van der Waals surface area (Å²) in [5, 5.41) is 0. The monoisotopic (exact) mass is 444 g/mol. The average Bonchev–Trinajstić information content (AvgIpc) is 2.65. The maximum Gasteiger partial charge on any atom is 0.0663 e. The minimum Gasteiger partial charge on any atom is -0.128 e. The van der Waals surface area contributed by atoms with Gasteiger partial charge in [0.15, 0.2) is 0 Å². The van der Waals surface area contributed by atoms with Gasteiger partial charge in [0, 0.05) is 9.75 Å². The van der Waals surface area contributed by atoms with E-state index in [9.17, 15) is 0 Å². The molecular formula is C10H6I2S2. The van der Waals surface area contributed by atoms with Gasteiger partial charge in [0.1, 0.15) is 0 Å². The maximum absolute atomic E-state index is 2.43. The molecular weight excluding hydrogens is 438 g/mol. The largest absolute Gasteiger partial charge is 0.128 e. The number of hydrogen-bond donors (Lipinski definition) is 0. The van der Waals surface area contributed by atoms with Crippen LogP contribution in [-0.4, -0.2) is 0 Å². The fourth-order valence-electron chi connectivity index (χ4n) is 1.82. The lowest BCUT2D eigenvalue weighted by Gasteiger charge is -2.10. The molecule has 0 amide bonds. The van der Waals surface area contributed by atoms with Gasteiger partial charge in [0.05, 0.1) is 5.77 Å². The summed E-state index contributed by atoms with van der Waals surface area (Å²) in [4.78, 5) is 3.06. The van der Waals surface area contributed by atoms with Gasteiger partial charge >= 0.3 is 0 Å². The van der Waals surface area contributed by atoms with Gasteiger partial charge in [-0.1, -0.05) is 0 Å². The number of aryl methyl sites for hydroxylation is 2. The Morgan fingerprint density at radius 2 is 1.29 bits per heavy atom. The Balaban J connectivity index is 2.27. The van der Waals surface area contributed by atoms with Crippen LogP contribution in [0, 0.1) is 5.77 Å². The lowest BCUT2D eigenvalue weighted by atomic mass is 9.99. The summed E-state index contributed by atoms with van der Waals surface area (Å²) < 4.78 is 2.84. The zero-order valence-electron chi connectivity index (χ0n) is 7.14. The molecule has 14 heavy (non-hydrogen) atoms. The summed E-state index contributed by atoms with van der Waals surface area (Å²) in [5.74, 6) is 0. The fraction of sp³-hybridized carbons (Fsp3) is 0.200.